The number of benzene rings is 3. The maximum atomic E-state index is 14.5. The molecule has 1 aliphatic carbocycles. The largest absolute Gasteiger partial charge is 0.489 e. The van der Waals surface area contributed by atoms with E-state index in [-0.39, 0.29) is 17.8 Å². The van der Waals surface area contributed by atoms with E-state index in [0.29, 0.717) is 17.5 Å². The van der Waals surface area contributed by atoms with E-state index in [4.69, 9.17) is 16.3 Å². The topological polar surface area (TPSA) is 29.5 Å². The van der Waals surface area contributed by atoms with E-state index in [0.717, 1.165) is 85.2 Å². The van der Waals surface area contributed by atoms with Gasteiger partial charge in [-0.1, -0.05) is 48.0 Å². The second-order valence-electron chi connectivity index (χ2n) is 9.74. The number of halogens is 3. The van der Waals surface area contributed by atoms with E-state index in [1.165, 1.54) is 6.07 Å². The maximum Gasteiger partial charge on any atom is 0.150 e. The molecule has 1 atom stereocenters. The molecule has 0 aromatic heterocycles. The molecule has 3 aromatic rings. The summed E-state index contributed by atoms with van der Waals surface area (Å²) in [7, 11) is 0. The Morgan fingerprint density at radius 2 is 1.89 bits per heavy atom. The van der Waals surface area contributed by atoms with Gasteiger partial charge in [-0.05, 0) is 89.8 Å². The Morgan fingerprint density at radius 3 is 2.68 bits per heavy atom. The van der Waals surface area contributed by atoms with Crippen molar-refractivity contribution in [3.8, 4) is 5.75 Å². The summed E-state index contributed by atoms with van der Waals surface area (Å²) < 4.78 is 33.2. The number of hydrogen-bond acceptors (Lipinski definition) is 3. The Balaban J connectivity index is 1.51. The lowest BCUT2D eigenvalue weighted by Gasteiger charge is -2.19. The number of aldehydes is 1. The number of carbonyl (C=O) groups is 1. The summed E-state index contributed by atoms with van der Waals surface area (Å²) in [6, 6.07) is 18.7. The van der Waals surface area contributed by atoms with Crippen molar-refractivity contribution >= 4 is 29.0 Å². The van der Waals surface area contributed by atoms with Crippen molar-refractivity contribution in [1.82, 2.24) is 4.90 Å². The van der Waals surface area contributed by atoms with Crippen molar-refractivity contribution in [3.63, 3.8) is 0 Å². The fraction of sp³-hybridized carbons (Fsp3) is 0.323. The van der Waals surface area contributed by atoms with Crippen LogP contribution in [0.15, 0.2) is 60.7 Å². The number of ether oxygens (including phenoxy) is 1. The molecule has 5 rings (SSSR count). The molecule has 6 heteroatoms. The summed E-state index contributed by atoms with van der Waals surface area (Å²) in [5, 5.41) is 0.126. The van der Waals surface area contributed by atoms with Gasteiger partial charge in [0, 0.05) is 25.2 Å². The first-order chi connectivity index (χ1) is 18.1. The van der Waals surface area contributed by atoms with E-state index in [2.05, 4.69) is 4.90 Å². The average molecular weight is 522 g/mol. The molecular weight excluding hydrogens is 492 g/mol. The summed E-state index contributed by atoms with van der Waals surface area (Å²) in [4.78, 5) is 13.7. The van der Waals surface area contributed by atoms with Gasteiger partial charge in [0.2, 0.25) is 0 Å². The summed E-state index contributed by atoms with van der Waals surface area (Å²) in [5.74, 6) is 0.352. The van der Waals surface area contributed by atoms with Gasteiger partial charge in [0.05, 0.1) is 11.7 Å². The van der Waals surface area contributed by atoms with Crippen LogP contribution in [0.2, 0.25) is 5.02 Å². The second kappa shape index (κ2) is 11.6. The van der Waals surface area contributed by atoms with Crippen LogP contribution in [0.3, 0.4) is 0 Å². The van der Waals surface area contributed by atoms with Crippen LogP contribution >= 0.6 is 11.6 Å². The molecule has 0 spiro atoms. The number of likely N-dealkylation sites (tertiary alicyclic amines) is 1. The third kappa shape index (κ3) is 5.63. The zero-order valence-corrected chi connectivity index (χ0v) is 21.4. The van der Waals surface area contributed by atoms with Crippen LogP contribution in [0.4, 0.5) is 8.78 Å². The molecule has 3 nitrogen and oxygen atoms in total. The SMILES string of the molecule is O=Cc1ccc2c(c1)CCCC(c1cccc(F)c1Cl)=C2c1ccc(OC2CCN(CCCF)C2)cc1. The molecule has 3 aromatic carbocycles. The fourth-order valence-corrected chi connectivity index (χ4v) is 5.73. The van der Waals surface area contributed by atoms with E-state index < -0.39 is 5.82 Å². The van der Waals surface area contributed by atoms with Crippen molar-refractivity contribution in [2.45, 2.75) is 38.2 Å². The highest BCUT2D eigenvalue weighted by Crippen LogP contribution is 2.42. The molecule has 1 saturated heterocycles. The minimum absolute atomic E-state index is 0.0895. The minimum atomic E-state index is -0.437. The molecule has 1 aliphatic heterocycles. The Bertz CT molecular complexity index is 1310. The molecule has 2 aliphatic rings. The number of hydrogen-bond donors (Lipinski definition) is 0. The van der Waals surface area contributed by atoms with Crippen LogP contribution in [-0.4, -0.2) is 43.6 Å². The molecule has 0 amide bonds. The zero-order valence-electron chi connectivity index (χ0n) is 20.7. The highest BCUT2D eigenvalue weighted by molar-refractivity contribution is 6.33. The molecule has 1 heterocycles. The first-order valence-corrected chi connectivity index (χ1v) is 13.3. The van der Waals surface area contributed by atoms with Gasteiger partial charge in [0.1, 0.15) is 24.0 Å². The minimum Gasteiger partial charge on any atom is -0.489 e. The Morgan fingerprint density at radius 1 is 1.05 bits per heavy atom. The normalized spacial score (nSPS) is 18.0. The average Bonchev–Trinajstić information content (AvgIpc) is 3.28. The molecule has 0 N–H and O–H groups in total. The number of alkyl halides is 1. The summed E-state index contributed by atoms with van der Waals surface area (Å²) >= 11 is 6.47. The Kier molecular flexibility index (Phi) is 8.02. The molecule has 0 radical (unpaired) electrons. The lowest BCUT2D eigenvalue weighted by atomic mass is 9.87. The summed E-state index contributed by atoms with van der Waals surface area (Å²) in [5.41, 5.74) is 6.46. The smallest absolute Gasteiger partial charge is 0.150 e. The van der Waals surface area contributed by atoms with Gasteiger partial charge in [-0.15, -0.1) is 0 Å². The fourth-order valence-electron chi connectivity index (χ4n) is 5.49. The van der Waals surface area contributed by atoms with Crippen molar-refractivity contribution in [2.75, 3.05) is 26.3 Å². The van der Waals surface area contributed by atoms with Gasteiger partial charge in [-0.25, -0.2) is 4.39 Å². The third-order valence-electron chi connectivity index (χ3n) is 7.27. The number of fused-ring (bicyclic) bond motifs is 1. The van der Waals surface area contributed by atoms with Gasteiger partial charge in [-0.2, -0.15) is 0 Å². The lowest BCUT2D eigenvalue weighted by molar-refractivity contribution is 0.112. The van der Waals surface area contributed by atoms with Crippen LogP contribution in [0.1, 0.15) is 58.3 Å². The zero-order chi connectivity index (χ0) is 25.8. The van der Waals surface area contributed by atoms with Crippen LogP contribution in [-0.2, 0) is 6.42 Å². The standard InChI is InChI=1S/C31H30ClF2NO2/c32-31-28(6-2-7-29(31)34)27-5-1-4-23-18-21(20-36)8-13-26(23)30(27)22-9-11-24(12-10-22)37-25-14-17-35(19-25)16-3-15-33/h2,6-13,18,20,25H,1,3-5,14-17,19H2. The first kappa shape index (κ1) is 25.6. The molecule has 0 bridgehead atoms. The second-order valence-corrected chi connectivity index (χ2v) is 10.1. The molecule has 1 fully saturated rings. The lowest BCUT2D eigenvalue weighted by Crippen LogP contribution is -2.26. The molecule has 192 valence electrons. The van der Waals surface area contributed by atoms with Gasteiger partial charge < -0.3 is 4.74 Å². The Labute approximate surface area is 221 Å². The molecular formula is C31H30ClF2NO2. The van der Waals surface area contributed by atoms with Crippen molar-refractivity contribution < 1.29 is 18.3 Å². The highest BCUT2D eigenvalue weighted by Gasteiger charge is 2.25. The van der Waals surface area contributed by atoms with Gasteiger partial charge in [-0.3, -0.25) is 14.1 Å². The number of carbonyl (C=O) groups excluding carboxylic acids is 1. The van der Waals surface area contributed by atoms with E-state index in [1.54, 1.807) is 6.07 Å². The van der Waals surface area contributed by atoms with Crippen LogP contribution in [0.25, 0.3) is 11.1 Å². The van der Waals surface area contributed by atoms with Crippen molar-refractivity contribution in [3.05, 3.63) is 99.3 Å². The quantitative estimate of drug-likeness (QED) is 0.289. The van der Waals surface area contributed by atoms with Crippen molar-refractivity contribution in [1.29, 1.82) is 0 Å². The predicted molar refractivity (Wildman–Crippen MR) is 145 cm³/mol. The number of aryl methyl sites for hydroxylation is 1. The van der Waals surface area contributed by atoms with Crippen LogP contribution < -0.4 is 4.74 Å². The van der Waals surface area contributed by atoms with E-state index in [1.807, 2.05) is 48.5 Å². The summed E-state index contributed by atoms with van der Waals surface area (Å²) in [6.07, 6.45) is 4.86. The number of nitrogens with zero attached hydrogens (tertiary/aromatic N) is 1. The molecule has 37 heavy (non-hydrogen) atoms. The Hall–Kier alpha value is -3.02. The maximum absolute atomic E-state index is 14.5. The van der Waals surface area contributed by atoms with Gasteiger partial charge >= 0.3 is 0 Å². The first-order valence-electron chi connectivity index (χ1n) is 12.9. The summed E-state index contributed by atoms with van der Waals surface area (Å²) in [6.45, 7) is 2.20. The van der Waals surface area contributed by atoms with Gasteiger partial charge in [0.25, 0.3) is 0 Å². The number of allylic oxidation sites excluding steroid dienone is 1. The van der Waals surface area contributed by atoms with E-state index in [9.17, 15) is 13.6 Å². The monoisotopic (exact) mass is 521 g/mol. The number of rotatable bonds is 8. The third-order valence-corrected chi connectivity index (χ3v) is 7.65. The van der Waals surface area contributed by atoms with E-state index >= 15 is 0 Å². The van der Waals surface area contributed by atoms with Crippen LogP contribution in [0.5, 0.6) is 5.75 Å². The highest BCUT2D eigenvalue weighted by atomic mass is 35.5. The molecule has 1 unspecified atom stereocenters. The van der Waals surface area contributed by atoms with Gasteiger partial charge in [0.15, 0.2) is 0 Å². The van der Waals surface area contributed by atoms with Crippen molar-refractivity contribution in [2.24, 2.45) is 0 Å². The van der Waals surface area contributed by atoms with Crippen LogP contribution in [0, 0.1) is 5.82 Å². The predicted octanol–water partition coefficient (Wildman–Crippen LogP) is 7.40. The molecule has 0 saturated carbocycles.